The number of alkyl halides is 3. The minimum Gasteiger partial charge on any atom is -0.504 e. The van der Waals surface area contributed by atoms with E-state index in [1.165, 1.54) is 19.1 Å². The maximum Gasteiger partial charge on any atom is 0.471 e. The van der Waals surface area contributed by atoms with Crippen molar-refractivity contribution in [2.45, 2.75) is 13.1 Å². The van der Waals surface area contributed by atoms with Gasteiger partial charge >= 0.3 is 12.1 Å². The molecule has 2 aromatic rings. The van der Waals surface area contributed by atoms with Crippen LogP contribution >= 0.6 is 0 Å². The van der Waals surface area contributed by atoms with Crippen molar-refractivity contribution in [3.8, 4) is 5.75 Å². The second-order valence-corrected chi connectivity index (χ2v) is 3.69. The lowest BCUT2D eigenvalue weighted by Crippen LogP contribution is -2.30. The average Bonchev–Trinajstić information content (AvgIpc) is 2.64. The van der Waals surface area contributed by atoms with Gasteiger partial charge in [0, 0.05) is 11.3 Å². The molecule has 4 nitrogen and oxygen atoms in total. The Bertz CT molecular complexity index is 616. The van der Waals surface area contributed by atoms with Gasteiger partial charge in [0.2, 0.25) is 0 Å². The van der Waals surface area contributed by atoms with Crippen molar-refractivity contribution in [3.05, 3.63) is 24.0 Å². The largest absolute Gasteiger partial charge is 0.504 e. The highest BCUT2D eigenvalue weighted by Gasteiger charge is 2.39. The molecule has 0 saturated carbocycles. The molecule has 0 fully saturated rings. The predicted molar refractivity (Wildman–Crippen MR) is 57.3 cm³/mol. The Kier molecular flexibility index (Phi) is 2.68. The van der Waals surface area contributed by atoms with E-state index in [9.17, 15) is 23.1 Å². The first-order chi connectivity index (χ1) is 8.30. The Labute approximate surface area is 99.0 Å². The number of fused-ring (bicyclic) bond motifs is 1. The van der Waals surface area contributed by atoms with Gasteiger partial charge in [0.25, 0.3) is 0 Å². The highest BCUT2D eigenvalue weighted by molar-refractivity contribution is 5.99. The number of hydrogen-bond acceptors (Lipinski definition) is 3. The molecule has 0 aliphatic rings. The van der Waals surface area contributed by atoms with Crippen LogP contribution in [0.1, 0.15) is 5.56 Å². The van der Waals surface area contributed by atoms with Gasteiger partial charge in [0.05, 0.1) is 5.39 Å². The number of nitrogens with one attached hydrogen (secondary N) is 1. The van der Waals surface area contributed by atoms with Crippen molar-refractivity contribution in [2.75, 3.05) is 5.32 Å². The fraction of sp³-hybridized carbons (Fsp3) is 0.182. The van der Waals surface area contributed by atoms with E-state index in [-0.39, 0.29) is 17.0 Å². The molecular formula is C11H8F3NO3. The van der Waals surface area contributed by atoms with Crippen molar-refractivity contribution < 1.29 is 27.5 Å². The number of rotatable bonds is 1. The number of amides is 1. The second kappa shape index (κ2) is 3.94. The topological polar surface area (TPSA) is 62.5 Å². The molecule has 1 aromatic carbocycles. The van der Waals surface area contributed by atoms with Crippen LogP contribution < -0.4 is 5.32 Å². The van der Waals surface area contributed by atoms with Crippen LogP contribution in [0.2, 0.25) is 0 Å². The molecule has 1 amide bonds. The molecule has 1 heterocycles. The molecule has 18 heavy (non-hydrogen) atoms. The van der Waals surface area contributed by atoms with Crippen LogP contribution in [0.15, 0.2) is 22.8 Å². The maximum absolute atomic E-state index is 12.1. The Morgan fingerprint density at radius 3 is 2.67 bits per heavy atom. The van der Waals surface area contributed by atoms with Crippen LogP contribution in [0, 0.1) is 6.92 Å². The van der Waals surface area contributed by atoms with Gasteiger partial charge in [0.1, 0.15) is 11.8 Å². The van der Waals surface area contributed by atoms with Crippen LogP contribution in [0.5, 0.6) is 5.75 Å². The molecule has 0 unspecified atom stereocenters. The molecule has 96 valence electrons. The quantitative estimate of drug-likeness (QED) is 0.827. The van der Waals surface area contributed by atoms with E-state index < -0.39 is 12.1 Å². The first kappa shape index (κ1) is 12.3. The summed E-state index contributed by atoms with van der Waals surface area (Å²) in [6.45, 7) is 1.48. The summed E-state index contributed by atoms with van der Waals surface area (Å²) < 4.78 is 41.3. The Morgan fingerprint density at radius 1 is 1.39 bits per heavy atom. The standard InChI is InChI=1S/C11H8F3NO3/c1-5-7(15-10(17)11(12,13)14)3-2-6-8(16)4-18-9(5)6/h2-4,16H,1H3,(H,15,17). The van der Waals surface area contributed by atoms with Crippen molar-refractivity contribution >= 4 is 22.6 Å². The van der Waals surface area contributed by atoms with Gasteiger partial charge in [-0.25, -0.2) is 0 Å². The summed E-state index contributed by atoms with van der Waals surface area (Å²) in [5.41, 5.74) is 0.525. The number of aryl methyl sites for hydroxylation is 1. The van der Waals surface area contributed by atoms with Gasteiger partial charge < -0.3 is 14.8 Å². The van der Waals surface area contributed by atoms with Crippen molar-refractivity contribution in [3.63, 3.8) is 0 Å². The average molecular weight is 259 g/mol. The first-order valence-corrected chi connectivity index (χ1v) is 4.88. The number of carbonyl (C=O) groups is 1. The summed E-state index contributed by atoms with van der Waals surface area (Å²) >= 11 is 0. The second-order valence-electron chi connectivity index (χ2n) is 3.69. The fourth-order valence-corrected chi connectivity index (χ4v) is 1.55. The van der Waals surface area contributed by atoms with Gasteiger partial charge in [-0.2, -0.15) is 13.2 Å². The smallest absolute Gasteiger partial charge is 0.471 e. The number of hydrogen-bond donors (Lipinski definition) is 2. The van der Waals surface area contributed by atoms with E-state index in [0.29, 0.717) is 10.9 Å². The Balaban J connectivity index is 2.41. The molecule has 0 aliphatic heterocycles. The summed E-state index contributed by atoms with van der Waals surface area (Å²) in [5, 5.41) is 11.5. The predicted octanol–water partition coefficient (Wildman–Crippen LogP) is 2.95. The molecule has 2 N–H and O–H groups in total. The lowest BCUT2D eigenvalue weighted by atomic mass is 10.1. The zero-order valence-electron chi connectivity index (χ0n) is 9.13. The number of aromatic hydroxyl groups is 1. The van der Waals surface area contributed by atoms with E-state index in [0.717, 1.165) is 6.26 Å². The third-order valence-electron chi connectivity index (χ3n) is 2.48. The normalized spacial score (nSPS) is 11.8. The van der Waals surface area contributed by atoms with Gasteiger partial charge in [-0.15, -0.1) is 0 Å². The van der Waals surface area contributed by atoms with E-state index >= 15 is 0 Å². The molecule has 0 aliphatic carbocycles. The number of benzene rings is 1. The summed E-state index contributed by atoms with van der Waals surface area (Å²) in [5.74, 6) is -2.16. The van der Waals surface area contributed by atoms with Gasteiger partial charge in [-0.3, -0.25) is 4.79 Å². The molecule has 1 aromatic heterocycles. The van der Waals surface area contributed by atoms with Crippen LogP contribution in [-0.2, 0) is 4.79 Å². The van der Waals surface area contributed by atoms with E-state index in [4.69, 9.17) is 4.42 Å². The van der Waals surface area contributed by atoms with E-state index in [1.807, 2.05) is 0 Å². The molecule has 0 radical (unpaired) electrons. The third-order valence-corrected chi connectivity index (χ3v) is 2.48. The van der Waals surface area contributed by atoms with Crippen molar-refractivity contribution in [2.24, 2.45) is 0 Å². The van der Waals surface area contributed by atoms with Gasteiger partial charge in [-0.05, 0) is 19.1 Å². The molecular weight excluding hydrogens is 251 g/mol. The zero-order valence-corrected chi connectivity index (χ0v) is 9.13. The molecule has 0 spiro atoms. The Morgan fingerprint density at radius 2 is 2.06 bits per heavy atom. The molecule has 7 heteroatoms. The Hall–Kier alpha value is -2.18. The lowest BCUT2D eigenvalue weighted by molar-refractivity contribution is -0.167. The number of anilines is 1. The first-order valence-electron chi connectivity index (χ1n) is 4.88. The SMILES string of the molecule is Cc1c(NC(=O)C(F)(F)F)ccc2c(O)coc12. The van der Waals surface area contributed by atoms with Crippen LogP contribution in [-0.4, -0.2) is 17.2 Å². The maximum atomic E-state index is 12.1. The molecule has 0 saturated heterocycles. The third kappa shape index (κ3) is 1.99. The summed E-state index contributed by atoms with van der Waals surface area (Å²) in [6, 6.07) is 2.64. The highest BCUT2D eigenvalue weighted by Crippen LogP contribution is 2.33. The monoisotopic (exact) mass is 259 g/mol. The fourth-order valence-electron chi connectivity index (χ4n) is 1.55. The molecule has 0 bridgehead atoms. The minimum atomic E-state index is -4.95. The van der Waals surface area contributed by atoms with Gasteiger partial charge in [0.15, 0.2) is 5.75 Å². The number of halogens is 3. The number of furan rings is 1. The van der Waals surface area contributed by atoms with Gasteiger partial charge in [-0.1, -0.05) is 0 Å². The minimum absolute atomic E-state index is 0.0147. The summed E-state index contributed by atoms with van der Waals surface area (Å²) in [4.78, 5) is 10.8. The molecule has 0 atom stereocenters. The van der Waals surface area contributed by atoms with Crippen LogP contribution in [0.4, 0.5) is 18.9 Å². The van der Waals surface area contributed by atoms with Crippen LogP contribution in [0.25, 0.3) is 11.0 Å². The van der Waals surface area contributed by atoms with Crippen molar-refractivity contribution in [1.82, 2.24) is 0 Å². The molecule has 2 rings (SSSR count). The van der Waals surface area contributed by atoms with E-state index in [1.54, 1.807) is 5.32 Å². The summed E-state index contributed by atoms with van der Waals surface area (Å²) in [6.07, 6.45) is -3.88. The van der Waals surface area contributed by atoms with E-state index in [2.05, 4.69) is 0 Å². The number of carbonyl (C=O) groups excluding carboxylic acids is 1. The van der Waals surface area contributed by atoms with Crippen molar-refractivity contribution in [1.29, 1.82) is 0 Å². The summed E-state index contributed by atoms with van der Waals surface area (Å²) in [7, 11) is 0. The lowest BCUT2D eigenvalue weighted by Gasteiger charge is -2.10. The highest BCUT2D eigenvalue weighted by atomic mass is 19.4. The zero-order chi connectivity index (χ0) is 13.5. The van der Waals surface area contributed by atoms with Crippen LogP contribution in [0.3, 0.4) is 0 Å².